The topological polar surface area (TPSA) is 93.5 Å². The standard InChI is InChI=1S/C29H26N4O3/c30-17-20-9-11-21(12-10-20)18-32-13-4-14-33(16-15-32)19-26(34)31-25-8-3-7-24-27(25)29(36)23-6-2-1-5-22(23)28(24)35/h1-3,5-12H,4,13-16,18-19H2,(H,31,34). The Kier molecular flexibility index (Phi) is 6.72. The zero-order valence-corrected chi connectivity index (χ0v) is 19.9. The summed E-state index contributed by atoms with van der Waals surface area (Å²) in [6.45, 7) is 4.33. The van der Waals surface area contributed by atoms with Gasteiger partial charge in [0.2, 0.25) is 5.91 Å². The van der Waals surface area contributed by atoms with Crippen LogP contribution in [-0.4, -0.2) is 60.0 Å². The van der Waals surface area contributed by atoms with Gasteiger partial charge >= 0.3 is 0 Å². The number of amides is 1. The average Bonchev–Trinajstić information content (AvgIpc) is 3.12. The highest BCUT2D eigenvalue weighted by Crippen LogP contribution is 2.31. The van der Waals surface area contributed by atoms with E-state index in [0.717, 1.165) is 44.7 Å². The number of nitrogens with zero attached hydrogens (tertiary/aromatic N) is 3. The number of hydrogen-bond donors (Lipinski definition) is 1. The van der Waals surface area contributed by atoms with Crippen molar-refractivity contribution in [3.8, 4) is 6.07 Å². The van der Waals surface area contributed by atoms with E-state index in [0.29, 0.717) is 27.9 Å². The van der Waals surface area contributed by atoms with Crippen LogP contribution in [0.5, 0.6) is 0 Å². The summed E-state index contributed by atoms with van der Waals surface area (Å²) in [6, 6.07) is 21.6. The molecule has 0 aromatic heterocycles. The SMILES string of the molecule is N#Cc1ccc(CN2CCCN(CC(=O)Nc3cccc4c3C(=O)c3ccccc3C4=O)CC2)cc1. The van der Waals surface area contributed by atoms with E-state index in [9.17, 15) is 14.4 Å². The lowest BCUT2D eigenvalue weighted by Crippen LogP contribution is -2.36. The van der Waals surface area contributed by atoms with Gasteiger partial charge in [-0.1, -0.05) is 48.5 Å². The van der Waals surface area contributed by atoms with Gasteiger partial charge in [0.1, 0.15) is 0 Å². The molecule has 1 aliphatic carbocycles. The van der Waals surface area contributed by atoms with Crippen LogP contribution in [-0.2, 0) is 11.3 Å². The second-order valence-corrected chi connectivity index (χ2v) is 9.19. The number of rotatable bonds is 5. The largest absolute Gasteiger partial charge is 0.324 e. The molecule has 0 unspecified atom stereocenters. The van der Waals surface area contributed by atoms with Gasteiger partial charge in [-0.05, 0) is 43.3 Å². The number of ketones is 2. The highest BCUT2D eigenvalue weighted by atomic mass is 16.2. The number of nitriles is 1. The van der Waals surface area contributed by atoms with E-state index in [1.54, 1.807) is 42.5 Å². The third-order valence-corrected chi connectivity index (χ3v) is 6.76. The first-order valence-electron chi connectivity index (χ1n) is 12.1. The minimum Gasteiger partial charge on any atom is -0.324 e. The van der Waals surface area contributed by atoms with Crippen molar-refractivity contribution in [2.75, 3.05) is 38.0 Å². The highest BCUT2D eigenvalue weighted by molar-refractivity contribution is 6.30. The predicted molar refractivity (Wildman–Crippen MR) is 136 cm³/mol. The zero-order chi connectivity index (χ0) is 25.1. The number of hydrogen-bond acceptors (Lipinski definition) is 6. The summed E-state index contributed by atoms with van der Waals surface area (Å²) in [5.74, 6) is -0.654. The maximum absolute atomic E-state index is 13.2. The van der Waals surface area contributed by atoms with Gasteiger partial charge in [-0.15, -0.1) is 0 Å². The second-order valence-electron chi connectivity index (χ2n) is 9.19. The number of benzene rings is 3. The van der Waals surface area contributed by atoms with Crippen molar-refractivity contribution >= 4 is 23.2 Å². The van der Waals surface area contributed by atoms with Crippen molar-refractivity contribution in [2.24, 2.45) is 0 Å². The smallest absolute Gasteiger partial charge is 0.238 e. The summed E-state index contributed by atoms with van der Waals surface area (Å²) in [6.07, 6.45) is 0.939. The lowest BCUT2D eigenvalue weighted by molar-refractivity contribution is -0.117. The van der Waals surface area contributed by atoms with Crippen LogP contribution in [0.1, 0.15) is 49.4 Å². The van der Waals surface area contributed by atoms with Crippen molar-refractivity contribution in [2.45, 2.75) is 13.0 Å². The molecule has 5 rings (SSSR count). The Morgan fingerprint density at radius 2 is 1.47 bits per heavy atom. The first kappa shape index (κ1) is 23.6. The average molecular weight is 479 g/mol. The lowest BCUT2D eigenvalue weighted by Gasteiger charge is -2.23. The predicted octanol–water partition coefficient (Wildman–Crippen LogP) is 3.48. The van der Waals surface area contributed by atoms with Crippen molar-refractivity contribution in [1.29, 1.82) is 5.26 Å². The van der Waals surface area contributed by atoms with Crippen LogP contribution in [0, 0.1) is 11.3 Å². The van der Waals surface area contributed by atoms with E-state index in [1.165, 1.54) is 0 Å². The molecule has 3 aromatic rings. The van der Waals surface area contributed by atoms with Crippen LogP contribution in [0.2, 0.25) is 0 Å². The van der Waals surface area contributed by atoms with Gasteiger partial charge in [0.15, 0.2) is 11.6 Å². The van der Waals surface area contributed by atoms with E-state index in [-0.39, 0.29) is 29.6 Å². The molecule has 0 bridgehead atoms. The molecule has 7 heteroatoms. The minimum absolute atomic E-state index is 0.203. The van der Waals surface area contributed by atoms with Gasteiger partial charge in [0.05, 0.1) is 29.4 Å². The van der Waals surface area contributed by atoms with Crippen molar-refractivity contribution in [1.82, 2.24) is 9.80 Å². The molecule has 0 spiro atoms. The molecule has 2 aliphatic rings. The molecule has 0 radical (unpaired) electrons. The van der Waals surface area contributed by atoms with Crippen molar-refractivity contribution in [3.05, 3.63) is 100 Å². The Bertz CT molecular complexity index is 1370. The van der Waals surface area contributed by atoms with Gasteiger partial charge in [0, 0.05) is 36.3 Å². The number of nitrogens with one attached hydrogen (secondary N) is 1. The second kappa shape index (κ2) is 10.2. The maximum atomic E-state index is 13.2. The summed E-state index contributed by atoms with van der Waals surface area (Å²) >= 11 is 0. The number of carbonyl (C=O) groups excluding carboxylic acids is 3. The third kappa shape index (κ3) is 4.82. The van der Waals surface area contributed by atoms with Gasteiger partial charge in [-0.2, -0.15) is 5.26 Å². The third-order valence-electron chi connectivity index (χ3n) is 6.76. The molecular formula is C29H26N4O3. The Morgan fingerprint density at radius 3 is 2.22 bits per heavy atom. The van der Waals surface area contributed by atoms with E-state index < -0.39 is 0 Å². The Balaban J connectivity index is 1.22. The Morgan fingerprint density at radius 1 is 0.806 bits per heavy atom. The monoisotopic (exact) mass is 478 g/mol. The Labute approximate surface area is 209 Å². The van der Waals surface area contributed by atoms with E-state index in [1.807, 2.05) is 24.3 Å². The van der Waals surface area contributed by atoms with Crippen molar-refractivity contribution < 1.29 is 14.4 Å². The van der Waals surface area contributed by atoms with Crippen LogP contribution < -0.4 is 5.32 Å². The van der Waals surface area contributed by atoms with E-state index in [4.69, 9.17) is 5.26 Å². The lowest BCUT2D eigenvalue weighted by atomic mass is 9.83. The molecule has 36 heavy (non-hydrogen) atoms. The molecule has 0 saturated carbocycles. The molecule has 1 aliphatic heterocycles. The molecule has 1 heterocycles. The summed E-state index contributed by atoms with van der Waals surface area (Å²) in [4.78, 5) is 43.6. The van der Waals surface area contributed by atoms with Gasteiger partial charge in [0.25, 0.3) is 0 Å². The van der Waals surface area contributed by atoms with Crippen molar-refractivity contribution in [3.63, 3.8) is 0 Å². The molecule has 1 saturated heterocycles. The molecule has 1 fully saturated rings. The van der Waals surface area contributed by atoms with Gasteiger partial charge < -0.3 is 5.32 Å². The number of anilines is 1. The maximum Gasteiger partial charge on any atom is 0.238 e. The zero-order valence-electron chi connectivity index (χ0n) is 19.9. The molecule has 180 valence electrons. The van der Waals surface area contributed by atoms with Crippen LogP contribution in [0.25, 0.3) is 0 Å². The van der Waals surface area contributed by atoms with Gasteiger partial charge in [-0.25, -0.2) is 0 Å². The molecule has 3 aromatic carbocycles. The molecular weight excluding hydrogens is 452 g/mol. The summed E-state index contributed by atoms with van der Waals surface area (Å²) in [7, 11) is 0. The van der Waals surface area contributed by atoms with E-state index in [2.05, 4.69) is 21.2 Å². The fourth-order valence-corrected chi connectivity index (χ4v) is 4.93. The fraction of sp³-hybridized carbons (Fsp3) is 0.241. The first-order valence-corrected chi connectivity index (χ1v) is 12.1. The molecule has 7 nitrogen and oxygen atoms in total. The molecule has 1 amide bonds. The molecule has 1 N–H and O–H groups in total. The van der Waals surface area contributed by atoms with Gasteiger partial charge in [-0.3, -0.25) is 24.2 Å². The van der Waals surface area contributed by atoms with Crippen LogP contribution in [0.4, 0.5) is 5.69 Å². The normalized spacial score (nSPS) is 16.0. The van der Waals surface area contributed by atoms with Crippen LogP contribution >= 0.6 is 0 Å². The van der Waals surface area contributed by atoms with Crippen LogP contribution in [0.3, 0.4) is 0 Å². The highest BCUT2D eigenvalue weighted by Gasteiger charge is 2.31. The number of fused-ring (bicyclic) bond motifs is 2. The Hall–Kier alpha value is -4.12. The number of carbonyl (C=O) groups is 3. The first-order chi connectivity index (χ1) is 17.5. The summed E-state index contributed by atoms with van der Waals surface area (Å²) in [5, 5.41) is 11.9. The van der Waals surface area contributed by atoms with Crippen LogP contribution in [0.15, 0.2) is 66.7 Å². The molecule has 0 atom stereocenters. The quantitative estimate of drug-likeness (QED) is 0.472. The minimum atomic E-state index is -0.246. The van der Waals surface area contributed by atoms with E-state index >= 15 is 0 Å². The fourth-order valence-electron chi connectivity index (χ4n) is 4.93. The summed E-state index contributed by atoms with van der Waals surface area (Å²) in [5.41, 5.74) is 3.54. The summed E-state index contributed by atoms with van der Waals surface area (Å²) < 4.78 is 0.